The van der Waals surface area contributed by atoms with E-state index in [1.54, 1.807) is 6.21 Å². The number of aliphatic hydroxyl groups is 1. The van der Waals surface area contributed by atoms with Gasteiger partial charge in [-0.05, 0) is 17.2 Å². The third kappa shape index (κ3) is 2.72. The van der Waals surface area contributed by atoms with Crippen LogP contribution in [0.4, 0.5) is 0 Å². The molecule has 4 bridgehead atoms. The van der Waals surface area contributed by atoms with E-state index in [1.807, 2.05) is 49.0 Å². The van der Waals surface area contributed by atoms with E-state index in [9.17, 15) is 5.11 Å². The van der Waals surface area contributed by atoms with Gasteiger partial charge in [-0.2, -0.15) is 0 Å². The van der Waals surface area contributed by atoms with E-state index in [2.05, 4.69) is 52.4 Å². The van der Waals surface area contributed by atoms with Gasteiger partial charge in [0, 0.05) is 47.8 Å². The summed E-state index contributed by atoms with van der Waals surface area (Å²) in [7, 11) is 1.98. The molecule has 0 radical (unpaired) electrons. The second-order valence-electron chi connectivity index (χ2n) is 9.34. The predicted molar refractivity (Wildman–Crippen MR) is 140 cm³/mol. The molecule has 36 heavy (non-hydrogen) atoms. The molecule has 0 saturated heterocycles. The van der Waals surface area contributed by atoms with Crippen molar-refractivity contribution >= 4 is 22.9 Å². The number of benzene rings is 3. The Kier molecular flexibility index (Phi) is 4.30. The van der Waals surface area contributed by atoms with E-state index in [0.29, 0.717) is 29.5 Å². The Labute approximate surface area is 207 Å². The first-order valence-corrected chi connectivity index (χ1v) is 11.9. The van der Waals surface area contributed by atoms with Crippen LogP contribution in [0.5, 0.6) is 5.75 Å². The Balaban J connectivity index is 1.65. The number of aliphatic hydroxyl groups excluding tert-OH is 1. The smallest absolute Gasteiger partial charge is 0.191 e. The topological polar surface area (TPSA) is 72.8 Å². The Morgan fingerprint density at radius 1 is 0.944 bits per heavy atom. The van der Waals surface area contributed by atoms with Gasteiger partial charge in [-0.1, -0.05) is 60.7 Å². The van der Waals surface area contributed by atoms with Gasteiger partial charge in [-0.15, -0.1) is 0 Å². The van der Waals surface area contributed by atoms with Crippen molar-refractivity contribution in [1.82, 2.24) is 9.55 Å². The van der Waals surface area contributed by atoms with Gasteiger partial charge in [0.25, 0.3) is 0 Å². The largest absolute Gasteiger partial charge is 0.506 e. The van der Waals surface area contributed by atoms with Crippen LogP contribution in [0, 0.1) is 6.92 Å². The molecular formula is C30H23N3O3. The van der Waals surface area contributed by atoms with E-state index >= 15 is 0 Å². The molecule has 6 heteroatoms. The Morgan fingerprint density at radius 3 is 2.61 bits per heavy atom. The molecule has 5 aromatic rings. The van der Waals surface area contributed by atoms with Crippen LogP contribution in [0.1, 0.15) is 34.0 Å². The monoisotopic (exact) mass is 473 g/mol. The second-order valence-corrected chi connectivity index (χ2v) is 9.34. The van der Waals surface area contributed by atoms with E-state index in [4.69, 9.17) is 9.15 Å². The second kappa shape index (κ2) is 7.46. The molecule has 6 nitrogen and oxygen atoms in total. The zero-order chi connectivity index (χ0) is 24.4. The van der Waals surface area contributed by atoms with Crippen molar-refractivity contribution in [2.75, 3.05) is 6.61 Å². The number of aromatic nitrogens is 2. The Hall–Kier alpha value is -4.58. The molecule has 4 heterocycles. The fourth-order valence-corrected chi connectivity index (χ4v) is 5.73. The standard InChI is InChI=1S/C30H23N3O3/c1-18-32-24-14-31-15-26(34)22-16-33(2)25-13-7-10-20(27(22)25)21-11-6-12-23-28(21)35-17-30(23,29(24)36-18)19-8-4-3-5-9-19/h3-16,34H,17H2,1-2H3/b26-15-,31-14?/t30-/m0/s1. The quantitative estimate of drug-likeness (QED) is 0.317. The number of rotatable bonds is 1. The van der Waals surface area contributed by atoms with Crippen LogP contribution in [0.25, 0.3) is 27.8 Å². The summed E-state index contributed by atoms with van der Waals surface area (Å²) in [5, 5.41) is 12.0. The summed E-state index contributed by atoms with van der Waals surface area (Å²) in [6.45, 7) is 2.21. The highest BCUT2D eigenvalue weighted by molar-refractivity contribution is 6.04. The lowest BCUT2D eigenvalue weighted by Crippen LogP contribution is -2.31. The van der Waals surface area contributed by atoms with Crippen LogP contribution in [0.15, 0.2) is 88.5 Å². The number of nitrogens with zero attached hydrogens (tertiary/aromatic N) is 3. The zero-order valence-electron chi connectivity index (χ0n) is 19.9. The maximum atomic E-state index is 11.1. The van der Waals surface area contributed by atoms with Gasteiger partial charge < -0.3 is 18.8 Å². The van der Waals surface area contributed by atoms with E-state index in [-0.39, 0.29) is 5.76 Å². The number of fused-ring (bicyclic) bond motifs is 3. The molecular weight excluding hydrogens is 450 g/mol. The average Bonchev–Trinajstić information content (AvgIpc) is 3.58. The molecule has 0 amide bonds. The molecule has 2 aliphatic heterocycles. The molecule has 7 rings (SSSR count). The van der Waals surface area contributed by atoms with E-state index < -0.39 is 5.41 Å². The number of aliphatic imine (C=N–C) groups is 1. The van der Waals surface area contributed by atoms with Crippen molar-refractivity contribution in [2.45, 2.75) is 12.3 Å². The molecule has 0 fully saturated rings. The van der Waals surface area contributed by atoms with Crippen molar-refractivity contribution < 1.29 is 14.3 Å². The summed E-state index contributed by atoms with van der Waals surface area (Å²) in [6, 6.07) is 22.7. The summed E-state index contributed by atoms with van der Waals surface area (Å²) in [5.41, 5.74) is 5.65. The van der Waals surface area contributed by atoms with Gasteiger partial charge >= 0.3 is 0 Å². The summed E-state index contributed by atoms with van der Waals surface area (Å²) in [5.74, 6) is 2.11. The van der Waals surface area contributed by atoms with Gasteiger partial charge in [0.05, 0.1) is 12.4 Å². The summed E-state index contributed by atoms with van der Waals surface area (Å²) in [6.07, 6.45) is 5.05. The number of aryl methyl sites for hydroxylation is 2. The van der Waals surface area contributed by atoms with Crippen molar-refractivity contribution in [2.24, 2.45) is 12.0 Å². The first kappa shape index (κ1) is 20.8. The fourth-order valence-electron chi connectivity index (χ4n) is 5.73. The average molecular weight is 474 g/mol. The Bertz CT molecular complexity index is 1730. The number of hydrogen-bond donors (Lipinski definition) is 1. The van der Waals surface area contributed by atoms with Crippen LogP contribution >= 0.6 is 0 Å². The maximum Gasteiger partial charge on any atom is 0.191 e. The van der Waals surface area contributed by atoms with Crippen LogP contribution in [-0.2, 0) is 12.5 Å². The number of hydrogen-bond acceptors (Lipinski definition) is 5. The zero-order valence-corrected chi connectivity index (χ0v) is 19.9. The number of para-hydroxylation sites is 1. The third-order valence-electron chi connectivity index (χ3n) is 7.30. The molecule has 1 atom stereocenters. The number of oxazole rings is 1. The molecule has 0 spiro atoms. The van der Waals surface area contributed by atoms with Gasteiger partial charge in [-0.3, -0.25) is 4.99 Å². The lowest BCUT2D eigenvalue weighted by atomic mass is 9.73. The van der Waals surface area contributed by atoms with Gasteiger partial charge in [0.2, 0.25) is 0 Å². The SMILES string of the molecule is Cc1nc2c(o1)[C@]1(c3ccccc3)COc3c(cccc31)-c1cccc3c1c(cn3C)/C(O)=C/N=C2. The van der Waals surface area contributed by atoms with E-state index in [0.717, 1.165) is 38.9 Å². The molecule has 0 saturated carbocycles. The molecule has 3 aromatic carbocycles. The summed E-state index contributed by atoms with van der Waals surface area (Å²) < 4.78 is 14.9. The molecule has 1 N–H and O–H groups in total. The van der Waals surface area contributed by atoms with Crippen molar-refractivity contribution in [1.29, 1.82) is 0 Å². The minimum atomic E-state index is -0.706. The van der Waals surface area contributed by atoms with Gasteiger partial charge in [0.15, 0.2) is 11.7 Å². The summed E-state index contributed by atoms with van der Waals surface area (Å²) >= 11 is 0. The summed E-state index contributed by atoms with van der Waals surface area (Å²) in [4.78, 5) is 9.13. The lowest BCUT2D eigenvalue weighted by molar-refractivity contribution is 0.288. The van der Waals surface area contributed by atoms with Gasteiger partial charge in [0.1, 0.15) is 29.2 Å². The molecule has 176 valence electrons. The first-order chi connectivity index (χ1) is 17.6. The predicted octanol–water partition coefficient (Wildman–Crippen LogP) is 6.16. The molecule has 0 unspecified atom stereocenters. The highest BCUT2D eigenvalue weighted by Gasteiger charge is 2.49. The lowest BCUT2D eigenvalue weighted by Gasteiger charge is -2.27. The maximum absolute atomic E-state index is 11.1. The van der Waals surface area contributed by atoms with E-state index in [1.165, 1.54) is 6.20 Å². The van der Waals surface area contributed by atoms with Crippen LogP contribution < -0.4 is 4.74 Å². The minimum absolute atomic E-state index is 0.0790. The normalized spacial score (nSPS) is 19.6. The van der Waals surface area contributed by atoms with Crippen LogP contribution in [0.2, 0.25) is 0 Å². The van der Waals surface area contributed by atoms with Crippen LogP contribution in [-0.4, -0.2) is 27.5 Å². The van der Waals surface area contributed by atoms with Crippen molar-refractivity contribution in [3.8, 4) is 16.9 Å². The van der Waals surface area contributed by atoms with Crippen LogP contribution in [0.3, 0.4) is 0 Å². The highest BCUT2D eigenvalue weighted by Crippen LogP contribution is 2.53. The molecule has 2 aliphatic rings. The Morgan fingerprint density at radius 2 is 1.75 bits per heavy atom. The minimum Gasteiger partial charge on any atom is -0.506 e. The number of ether oxygens (including phenoxy) is 1. The first-order valence-electron chi connectivity index (χ1n) is 11.9. The highest BCUT2D eigenvalue weighted by atomic mass is 16.5. The molecule has 2 aromatic heterocycles. The fraction of sp³-hybridized carbons (Fsp3) is 0.133. The van der Waals surface area contributed by atoms with Crippen molar-refractivity contribution in [3.05, 3.63) is 113 Å². The molecule has 0 aliphatic carbocycles. The van der Waals surface area contributed by atoms with Crippen molar-refractivity contribution in [3.63, 3.8) is 0 Å². The van der Waals surface area contributed by atoms with Gasteiger partial charge in [-0.25, -0.2) is 4.98 Å². The third-order valence-corrected chi connectivity index (χ3v) is 7.30.